The zero-order chi connectivity index (χ0) is 20.1. The molecule has 0 unspecified atom stereocenters. The van der Waals surface area contributed by atoms with Gasteiger partial charge in [-0.2, -0.15) is 5.26 Å². The number of nitrogens with zero attached hydrogens (tertiary/aromatic N) is 3. The highest BCUT2D eigenvalue weighted by Crippen LogP contribution is 2.11. The van der Waals surface area contributed by atoms with Crippen LogP contribution in [0.25, 0.3) is 11.6 Å². The van der Waals surface area contributed by atoms with Crippen molar-refractivity contribution in [1.82, 2.24) is 9.47 Å². The van der Waals surface area contributed by atoms with Crippen LogP contribution in [0.15, 0.2) is 29.1 Å². The lowest BCUT2D eigenvalue weighted by Gasteiger charge is -2.14. The number of ether oxygens (including phenoxy) is 1. The van der Waals surface area contributed by atoms with Gasteiger partial charge in [-0.25, -0.2) is 0 Å². The van der Waals surface area contributed by atoms with Crippen LogP contribution in [0.2, 0.25) is 0 Å². The van der Waals surface area contributed by atoms with E-state index in [1.165, 1.54) is 15.9 Å². The second-order valence-electron chi connectivity index (χ2n) is 6.77. The molecule has 146 valence electrons. The molecule has 0 spiro atoms. The van der Waals surface area contributed by atoms with Crippen LogP contribution in [0.3, 0.4) is 0 Å². The van der Waals surface area contributed by atoms with Crippen molar-refractivity contribution in [2.24, 2.45) is 0 Å². The average Bonchev–Trinajstić information content (AvgIpc) is 3.31. The van der Waals surface area contributed by atoms with Crippen molar-refractivity contribution in [2.45, 2.75) is 26.3 Å². The van der Waals surface area contributed by atoms with Crippen molar-refractivity contribution < 1.29 is 9.53 Å². The number of amides is 1. The molecule has 0 saturated carbocycles. The molecule has 1 aliphatic rings. The van der Waals surface area contributed by atoms with Gasteiger partial charge in [-0.1, -0.05) is 29.8 Å². The average molecular weight is 398 g/mol. The van der Waals surface area contributed by atoms with Crippen molar-refractivity contribution in [2.75, 3.05) is 26.8 Å². The number of rotatable bonds is 5. The first-order valence-corrected chi connectivity index (χ1v) is 10.1. The Balaban J connectivity index is 2.20. The topological polar surface area (TPSA) is 75.3 Å². The maximum atomic E-state index is 13.0. The Morgan fingerprint density at radius 3 is 2.75 bits per heavy atom. The molecule has 1 amide bonds. The molecular formula is C21H23N3O3S. The van der Waals surface area contributed by atoms with Crippen molar-refractivity contribution in [3.05, 3.63) is 54.9 Å². The second kappa shape index (κ2) is 9.00. The third kappa shape index (κ3) is 4.24. The minimum atomic E-state index is -0.297. The van der Waals surface area contributed by atoms with Gasteiger partial charge in [0.25, 0.3) is 11.5 Å². The van der Waals surface area contributed by atoms with E-state index >= 15 is 0 Å². The van der Waals surface area contributed by atoms with E-state index in [-0.39, 0.29) is 17.0 Å². The Morgan fingerprint density at radius 2 is 2.11 bits per heavy atom. The zero-order valence-electron chi connectivity index (χ0n) is 16.1. The van der Waals surface area contributed by atoms with Crippen molar-refractivity contribution in [3.8, 4) is 6.07 Å². The number of likely N-dealkylation sites (tertiary alicyclic amines) is 1. The van der Waals surface area contributed by atoms with Gasteiger partial charge in [0.2, 0.25) is 0 Å². The Bertz CT molecular complexity index is 1090. The van der Waals surface area contributed by atoms with Gasteiger partial charge < -0.3 is 9.64 Å². The van der Waals surface area contributed by atoms with Crippen LogP contribution in [0.5, 0.6) is 0 Å². The van der Waals surface area contributed by atoms with Crippen LogP contribution >= 0.6 is 11.3 Å². The summed E-state index contributed by atoms with van der Waals surface area (Å²) in [5.74, 6) is -0.297. The molecule has 28 heavy (non-hydrogen) atoms. The maximum absolute atomic E-state index is 13.0. The summed E-state index contributed by atoms with van der Waals surface area (Å²) in [5.41, 5.74) is 1.83. The third-order valence-electron chi connectivity index (χ3n) is 4.70. The van der Waals surface area contributed by atoms with E-state index in [1.807, 2.05) is 43.3 Å². The maximum Gasteiger partial charge on any atom is 0.269 e. The van der Waals surface area contributed by atoms with Crippen LogP contribution in [0, 0.1) is 18.3 Å². The zero-order valence-corrected chi connectivity index (χ0v) is 16.9. The van der Waals surface area contributed by atoms with Crippen molar-refractivity contribution in [1.29, 1.82) is 5.26 Å². The molecule has 1 saturated heterocycles. The SMILES string of the molecule is COCCn1c(=O)/c(=C\c2cccc(C)c2)s/c1=C(/C#N)C(=O)N1CCCC1. The van der Waals surface area contributed by atoms with Crippen molar-refractivity contribution >= 4 is 28.9 Å². The van der Waals surface area contributed by atoms with Crippen molar-refractivity contribution in [3.63, 3.8) is 0 Å². The largest absolute Gasteiger partial charge is 0.383 e. The molecule has 2 aromatic rings. The standard InChI is InChI=1S/C21H23N3O3S/c1-15-6-5-7-16(12-15)13-18-20(26)24(10-11-27-2)21(28-18)17(14-22)19(25)23-8-3-4-9-23/h5-7,12-13H,3-4,8-11H2,1-2H3/b18-13+,21-17-. The van der Waals surface area contributed by atoms with Crippen LogP contribution in [-0.4, -0.2) is 42.2 Å². The molecule has 1 aliphatic heterocycles. The first kappa shape index (κ1) is 20.1. The lowest BCUT2D eigenvalue weighted by Crippen LogP contribution is -2.36. The highest BCUT2D eigenvalue weighted by molar-refractivity contribution is 7.07. The summed E-state index contributed by atoms with van der Waals surface area (Å²) in [6, 6.07) is 9.89. The summed E-state index contributed by atoms with van der Waals surface area (Å²) in [7, 11) is 1.56. The fourth-order valence-corrected chi connectivity index (χ4v) is 4.39. The van der Waals surface area contributed by atoms with E-state index in [9.17, 15) is 14.9 Å². The number of thiazole rings is 1. The lowest BCUT2D eigenvalue weighted by atomic mass is 10.1. The summed E-state index contributed by atoms with van der Waals surface area (Å²) in [6.07, 6.45) is 3.69. The van der Waals surface area contributed by atoms with Crippen LogP contribution < -0.4 is 14.8 Å². The number of methoxy groups -OCH3 is 1. The molecule has 0 radical (unpaired) electrons. The fraction of sp³-hybridized carbons (Fsp3) is 0.381. The molecular weight excluding hydrogens is 374 g/mol. The van der Waals surface area contributed by atoms with Crippen LogP contribution in [-0.2, 0) is 16.1 Å². The molecule has 1 fully saturated rings. The Kier molecular flexibility index (Phi) is 6.45. The highest BCUT2D eigenvalue weighted by atomic mass is 32.1. The van der Waals surface area contributed by atoms with Gasteiger partial charge in [0.15, 0.2) is 5.57 Å². The predicted molar refractivity (Wildman–Crippen MR) is 109 cm³/mol. The smallest absolute Gasteiger partial charge is 0.269 e. The van der Waals surface area contributed by atoms with Gasteiger partial charge in [0, 0.05) is 20.2 Å². The minimum absolute atomic E-state index is 0.0315. The molecule has 0 atom stereocenters. The summed E-state index contributed by atoms with van der Waals surface area (Å²) >= 11 is 1.19. The van der Waals surface area contributed by atoms with Crippen LogP contribution in [0.1, 0.15) is 24.0 Å². The molecule has 3 rings (SSSR count). The molecule has 2 heterocycles. The van der Waals surface area contributed by atoms with Crippen LogP contribution in [0.4, 0.5) is 0 Å². The Labute approximate surface area is 167 Å². The molecule has 6 nitrogen and oxygen atoms in total. The molecule has 1 aromatic heterocycles. The molecule has 0 bridgehead atoms. The summed E-state index contributed by atoms with van der Waals surface area (Å²) in [5, 5.41) is 9.70. The number of hydrogen-bond donors (Lipinski definition) is 0. The van der Waals surface area contributed by atoms with Gasteiger partial charge in [0.1, 0.15) is 10.7 Å². The van der Waals surface area contributed by atoms with E-state index in [1.54, 1.807) is 12.0 Å². The lowest BCUT2D eigenvalue weighted by molar-refractivity contribution is -0.123. The van der Waals surface area contributed by atoms with E-state index in [0.29, 0.717) is 35.4 Å². The first-order chi connectivity index (χ1) is 13.5. The van der Waals surface area contributed by atoms with Gasteiger partial charge in [-0.05, 0) is 31.4 Å². The van der Waals surface area contributed by atoms with Gasteiger partial charge in [0.05, 0.1) is 17.7 Å². The molecule has 0 N–H and O–H groups in total. The Morgan fingerprint density at radius 1 is 1.36 bits per heavy atom. The molecule has 1 aromatic carbocycles. The quantitative estimate of drug-likeness (QED) is 0.754. The summed E-state index contributed by atoms with van der Waals surface area (Å²) < 4.78 is 7.51. The minimum Gasteiger partial charge on any atom is -0.383 e. The van der Waals surface area contributed by atoms with Gasteiger partial charge in [-0.15, -0.1) is 11.3 Å². The second-order valence-corrected chi connectivity index (χ2v) is 7.80. The number of carbonyl (C=O) groups excluding carboxylic acids is 1. The number of aryl methyl sites for hydroxylation is 1. The predicted octanol–water partition coefficient (Wildman–Crippen LogP) is 0.990. The molecule has 0 aliphatic carbocycles. The van der Waals surface area contributed by atoms with E-state index in [0.717, 1.165) is 24.0 Å². The van der Waals surface area contributed by atoms with E-state index in [4.69, 9.17) is 4.74 Å². The monoisotopic (exact) mass is 397 g/mol. The Hall–Kier alpha value is -2.69. The molecule has 7 heteroatoms. The fourth-order valence-electron chi connectivity index (χ4n) is 3.27. The van der Waals surface area contributed by atoms with E-state index < -0.39 is 0 Å². The number of nitriles is 1. The number of hydrogen-bond acceptors (Lipinski definition) is 5. The van der Waals surface area contributed by atoms with Gasteiger partial charge in [-0.3, -0.25) is 14.2 Å². The third-order valence-corrected chi connectivity index (χ3v) is 5.83. The van der Waals surface area contributed by atoms with E-state index in [2.05, 4.69) is 0 Å². The summed E-state index contributed by atoms with van der Waals surface area (Å²) in [4.78, 5) is 27.5. The number of benzene rings is 1. The highest BCUT2D eigenvalue weighted by Gasteiger charge is 2.24. The summed E-state index contributed by atoms with van der Waals surface area (Å²) in [6.45, 7) is 3.91. The normalized spacial score (nSPS) is 15.6. The number of aromatic nitrogens is 1. The van der Waals surface area contributed by atoms with Gasteiger partial charge >= 0.3 is 0 Å². The first-order valence-electron chi connectivity index (χ1n) is 9.26. The number of carbonyl (C=O) groups is 1.